The zero-order chi connectivity index (χ0) is 14.4. The van der Waals surface area contributed by atoms with Crippen molar-refractivity contribution in [1.29, 1.82) is 0 Å². The van der Waals surface area contributed by atoms with E-state index in [0.717, 1.165) is 16.7 Å². The Hall–Kier alpha value is -2.01. The number of rotatable bonds is 4. The summed E-state index contributed by atoms with van der Waals surface area (Å²) in [5.41, 5.74) is 2.89. The van der Waals surface area contributed by atoms with Crippen molar-refractivity contribution in [2.75, 3.05) is 17.7 Å². The first kappa shape index (κ1) is 14.4. The third kappa shape index (κ3) is 4.28. The van der Waals surface area contributed by atoms with Crippen LogP contribution in [0.1, 0.15) is 5.56 Å². The summed E-state index contributed by atoms with van der Waals surface area (Å²) in [5, 5.41) is 5.92. The summed E-state index contributed by atoms with van der Waals surface area (Å²) in [5.74, 6) is 0. The maximum atomic E-state index is 11.1. The quantitative estimate of drug-likeness (QED) is 0.879. The van der Waals surface area contributed by atoms with Crippen LogP contribution in [0.3, 0.4) is 0 Å². The van der Waals surface area contributed by atoms with Crippen molar-refractivity contribution in [2.45, 2.75) is 6.54 Å². The van der Waals surface area contributed by atoms with Gasteiger partial charge in [-0.3, -0.25) is 5.32 Å². The summed E-state index contributed by atoms with van der Waals surface area (Å²) < 4.78 is 5.60. The highest BCUT2D eigenvalue weighted by Crippen LogP contribution is 2.16. The molecule has 2 aromatic rings. The second-order valence-electron chi connectivity index (χ2n) is 4.17. The van der Waals surface area contributed by atoms with Crippen LogP contribution in [0.15, 0.2) is 53.0 Å². The van der Waals surface area contributed by atoms with E-state index >= 15 is 0 Å². The average Bonchev–Trinajstić information content (AvgIpc) is 2.48. The molecule has 0 aliphatic heterocycles. The first-order valence-corrected chi connectivity index (χ1v) is 6.90. The van der Waals surface area contributed by atoms with E-state index in [0.29, 0.717) is 5.69 Å². The summed E-state index contributed by atoms with van der Waals surface area (Å²) in [6, 6.07) is 15.6. The summed E-state index contributed by atoms with van der Waals surface area (Å²) in [4.78, 5) is 11.1. The average molecular weight is 335 g/mol. The summed E-state index contributed by atoms with van der Waals surface area (Å²) >= 11 is 3.41. The van der Waals surface area contributed by atoms with Crippen molar-refractivity contribution >= 4 is 33.4 Å². The number of hydrogen-bond donors (Lipinski definition) is 2. The number of amides is 1. The molecule has 0 aliphatic carbocycles. The number of ether oxygens (including phenoxy) is 1. The first-order chi connectivity index (χ1) is 9.67. The molecule has 0 unspecified atom stereocenters. The summed E-state index contributed by atoms with van der Waals surface area (Å²) in [6.45, 7) is 0.747. The highest BCUT2D eigenvalue weighted by atomic mass is 79.9. The molecule has 2 rings (SSSR count). The molecule has 0 saturated carbocycles. The Labute approximate surface area is 126 Å². The molecule has 0 heterocycles. The van der Waals surface area contributed by atoms with E-state index in [9.17, 15) is 4.79 Å². The molecule has 2 N–H and O–H groups in total. The topological polar surface area (TPSA) is 50.4 Å². The molecule has 0 spiro atoms. The lowest BCUT2D eigenvalue weighted by Crippen LogP contribution is -2.10. The van der Waals surface area contributed by atoms with Gasteiger partial charge in [-0.05, 0) is 42.0 Å². The third-order valence-electron chi connectivity index (χ3n) is 2.73. The predicted octanol–water partition coefficient (Wildman–Crippen LogP) is 4.24. The molecule has 2 aromatic carbocycles. The van der Waals surface area contributed by atoms with Crippen molar-refractivity contribution in [1.82, 2.24) is 0 Å². The van der Waals surface area contributed by atoms with Crippen molar-refractivity contribution < 1.29 is 9.53 Å². The third-order valence-corrected chi connectivity index (χ3v) is 3.26. The van der Waals surface area contributed by atoms with E-state index in [-0.39, 0.29) is 0 Å². The summed E-state index contributed by atoms with van der Waals surface area (Å²) in [6.07, 6.45) is -0.472. The van der Waals surface area contributed by atoms with Crippen LogP contribution in [0.4, 0.5) is 16.2 Å². The van der Waals surface area contributed by atoms with Gasteiger partial charge in [-0.15, -0.1) is 0 Å². The Morgan fingerprint density at radius 3 is 2.25 bits per heavy atom. The van der Waals surface area contributed by atoms with E-state index in [2.05, 4.69) is 43.4 Å². The molecule has 0 bridgehead atoms. The van der Waals surface area contributed by atoms with Gasteiger partial charge in [-0.1, -0.05) is 28.1 Å². The lowest BCUT2D eigenvalue weighted by atomic mass is 10.2. The summed E-state index contributed by atoms with van der Waals surface area (Å²) in [7, 11) is 1.34. The van der Waals surface area contributed by atoms with Gasteiger partial charge in [0.15, 0.2) is 0 Å². The minimum absolute atomic E-state index is 0.472. The normalized spacial score (nSPS) is 9.90. The maximum Gasteiger partial charge on any atom is 0.411 e. The first-order valence-electron chi connectivity index (χ1n) is 6.11. The van der Waals surface area contributed by atoms with Crippen LogP contribution in [-0.4, -0.2) is 13.2 Å². The zero-order valence-electron chi connectivity index (χ0n) is 11.0. The van der Waals surface area contributed by atoms with Crippen LogP contribution < -0.4 is 10.6 Å². The number of carbonyl (C=O) groups is 1. The monoisotopic (exact) mass is 334 g/mol. The number of hydrogen-bond acceptors (Lipinski definition) is 3. The SMILES string of the molecule is COC(=O)Nc1ccc(NCc2ccc(Br)cc2)cc1. The van der Waals surface area contributed by atoms with Gasteiger partial charge in [0.2, 0.25) is 0 Å². The van der Waals surface area contributed by atoms with Crippen LogP contribution >= 0.6 is 15.9 Å². The van der Waals surface area contributed by atoms with Gasteiger partial charge in [0.1, 0.15) is 0 Å². The molecule has 0 aliphatic rings. The van der Waals surface area contributed by atoms with Crippen LogP contribution in [-0.2, 0) is 11.3 Å². The van der Waals surface area contributed by atoms with Gasteiger partial charge in [-0.2, -0.15) is 0 Å². The van der Waals surface area contributed by atoms with Gasteiger partial charge < -0.3 is 10.1 Å². The second kappa shape index (κ2) is 6.96. The molecule has 4 nitrogen and oxygen atoms in total. The minimum atomic E-state index is -0.472. The molecule has 5 heteroatoms. The Kier molecular flexibility index (Phi) is 5.01. The molecular formula is C15H15BrN2O2. The fourth-order valence-electron chi connectivity index (χ4n) is 1.65. The van der Waals surface area contributed by atoms with Gasteiger partial charge in [-0.25, -0.2) is 4.79 Å². The highest BCUT2D eigenvalue weighted by molar-refractivity contribution is 9.10. The predicted molar refractivity (Wildman–Crippen MR) is 83.9 cm³/mol. The van der Waals surface area contributed by atoms with Crippen molar-refractivity contribution in [3.63, 3.8) is 0 Å². The van der Waals surface area contributed by atoms with Crippen LogP contribution in [0.25, 0.3) is 0 Å². The smallest absolute Gasteiger partial charge is 0.411 e. The van der Waals surface area contributed by atoms with Gasteiger partial charge in [0.25, 0.3) is 0 Å². The van der Waals surface area contributed by atoms with Crippen molar-refractivity contribution in [3.05, 3.63) is 58.6 Å². The fraction of sp³-hybridized carbons (Fsp3) is 0.133. The van der Waals surface area contributed by atoms with E-state index in [1.54, 1.807) is 0 Å². The molecule has 0 saturated heterocycles. The maximum absolute atomic E-state index is 11.1. The number of nitrogens with one attached hydrogen (secondary N) is 2. The van der Waals surface area contributed by atoms with E-state index < -0.39 is 6.09 Å². The Bertz CT molecular complexity index is 567. The largest absolute Gasteiger partial charge is 0.453 e. The fourth-order valence-corrected chi connectivity index (χ4v) is 1.91. The molecule has 0 aromatic heterocycles. The minimum Gasteiger partial charge on any atom is -0.453 e. The second-order valence-corrected chi connectivity index (χ2v) is 5.09. The van der Waals surface area contributed by atoms with Crippen LogP contribution in [0.2, 0.25) is 0 Å². The Balaban J connectivity index is 1.90. The van der Waals surface area contributed by atoms with E-state index in [1.165, 1.54) is 12.7 Å². The van der Waals surface area contributed by atoms with Gasteiger partial charge in [0, 0.05) is 22.4 Å². The molecule has 1 amide bonds. The highest BCUT2D eigenvalue weighted by Gasteiger charge is 2.00. The molecule has 0 radical (unpaired) electrons. The number of benzene rings is 2. The van der Waals surface area contributed by atoms with E-state index in [4.69, 9.17) is 0 Å². The van der Waals surface area contributed by atoms with Gasteiger partial charge in [0.05, 0.1) is 7.11 Å². The number of anilines is 2. The van der Waals surface area contributed by atoms with Crippen LogP contribution in [0.5, 0.6) is 0 Å². The lowest BCUT2D eigenvalue weighted by Gasteiger charge is -2.08. The lowest BCUT2D eigenvalue weighted by molar-refractivity contribution is 0.187. The van der Waals surface area contributed by atoms with Crippen molar-refractivity contribution in [3.8, 4) is 0 Å². The van der Waals surface area contributed by atoms with Crippen molar-refractivity contribution in [2.24, 2.45) is 0 Å². The molecular weight excluding hydrogens is 320 g/mol. The Morgan fingerprint density at radius 1 is 1.05 bits per heavy atom. The van der Waals surface area contributed by atoms with Gasteiger partial charge >= 0.3 is 6.09 Å². The molecule has 20 heavy (non-hydrogen) atoms. The Morgan fingerprint density at radius 2 is 1.65 bits per heavy atom. The molecule has 104 valence electrons. The van der Waals surface area contributed by atoms with E-state index in [1.807, 2.05) is 36.4 Å². The molecule has 0 atom stereocenters. The number of halogens is 1. The molecule has 0 fully saturated rings. The standard InChI is InChI=1S/C15H15BrN2O2/c1-20-15(19)18-14-8-6-13(7-9-14)17-10-11-2-4-12(16)5-3-11/h2-9,17H,10H2,1H3,(H,18,19). The number of methoxy groups -OCH3 is 1. The van der Waals surface area contributed by atoms with Crippen LogP contribution in [0, 0.1) is 0 Å². The zero-order valence-corrected chi connectivity index (χ0v) is 12.6. The number of carbonyl (C=O) groups excluding carboxylic acids is 1.